The van der Waals surface area contributed by atoms with E-state index in [1.54, 1.807) is 26.2 Å². The molecule has 7 heteroatoms. The van der Waals surface area contributed by atoms with Crippen LogP contribution in [0.3, 0.4) is 0 Å². The molecule has 0 spiro atoms. The third kappa shape index (κ3) is 5.64. The first-order valence-electron chi connectivity index (χ1n) is 7.67. The van der Waals surface area contributed by atoms with Crippen LogP contribution in [0.1, 0.15) is 24.8 Å². The molecule has 7 nitrogen and oxygen atoms in total. The minimum Gasteiger partial charge on any atom is -0.493 e. The molecular formula is C17H25NO6. The number of amides is 1. The summed E-state index contributed by atoms with van der Waals surface area (Å²) in [5.74, 6) is 0.728. The van der Waals surface area contributed by atoms with Crippen molar-refractivity contribution < 1.29 is 28.9 Å². The molecule has 0 heterocycles. The molecule has 0 aliphatic heterocycles. The quantitative estimate of drug-likeness (QED) is 0.701. The van der Waals surface area contributed by atoms with E-state index in [0.29, 0.717) is 43.1 Å². The topological polar surface area (TPSA) is 85.3 Å². The van der Waals surface area contributed by atoms with Crippen LogP contribution in [0.2, 0.25) is 0 Å². The number of hydrogen-bond donors (Lipinski definition) is 1. The van der Waals surface area contributed by atoms with Gasteiger partial charge in [-0.3, -0.25) is 9.59 Å². The summed E-state index contributed by atoms with van der Waals surface area (Å²) in [6.07, 6.45) is 1.35. The molecule has 0 bridgehead atoms. The summed E-state index contributed by atoms with van der Waals surface area (Å²) < 4.78 is 15.9. The van der Waals surface area contributed by atoms with Gasteiger partial charge in [0, 0.05) is 26.4 Å². The normalized spacial score (nSPS) is 10.2. The van der Waals surface area contributed by atoms with Gasteiger partial charge in [-0.15, -0.1) is 0 Å². The maximum atomic E-state index is 12.1. The molecule has 0 radical (unpaired) electrons. The van der Waals surface area contributed by atoms with E-state index in [0.717, 1.165) is 5.56 Å². The van der Waals surface area contributed by atoms with Crippen molar-refractivity contribution in [2.75, 3.05) is 34.9 Å². The minimum atomic E-state index is -0.853. The highest BCUT2D eigenvalue weighted by atomic mass is 16.5. The lowest BCUT2D eigenvalue weighted by Crippen LogP contribution is -2.28. The van der Waals surface area contributed by atoms with E-state index in [4.69, 9.17) is 19.3 Å². The molecule has 24 heavy (non-hydrogen) atoms. The molecule has 1 aromatic rings. The lowest BCUT2D eigenvalue weighted by molar-refractivity contribution is -0.138. The van der Waals surface area contributed by atoms with Crippen molar-refractivity contribution in [3.8, 4) is 17.2 Å². The average Bonchev–Trinajstić information content (AvgIpc) is 2.57. The molecule has 0 fully saturated rings. The summed E-state index contributed by atoms with van der Waals surface area (Å²) in [5.41, 5.74) is 0.900. The molecule has 1 aromatic carbocycles. The second-order valence-electron chi connectivity index (χ2n) is 5.35. The van der Waals surface area contributed by atoms with Crippen molar-refractivity contribution in [1.29, 1.82) is 0 Å². The average molecular weight is 339 g/mol. The van der Waals surface area contributed by atoms with E-state index in [9.17, 15) is 9.59 Å². The number of rotatable bonds is 10. The van der Waals surface area contributed by atoms with Crippen molar-refractivity contribution in [3.63, 3.8) is 0 Å². The number of aryl methyl sites for hydroxylation is 1. The lowest BCUT2D eigenvalue weighted by Gasteiger charge is -2.17. The van der Waals surface area contributed by atoms with E-state index < -0.39 is 5.97 Å². The number of benzene rings is 1. The van der Waals surface area contributed by atoms with Gasteiger partial charge < -0.3 is 24.2 Å². The maximum absolute atomic E-state index is 12.1. The Morgan fingerprint density at radius 2 is 1.62 bits per heavy atom. The highest BCUT2D eigenvalue weighted by Gasteiger charge is 2.15. The Kier molecular flexibility index (Phi) is 7.88. The lowest BCUT2D eigenvalue weighted by atomic mass is 10.1. The van der Waals surface area contributed by atoms with Gasteiger partial charge in [0.05, 0.1) is 21.3 Å². The van der Waals surface area contributed by atoms with Crippen molar-refractivity contribution in [2.24, 2.45) is 0 Å². The summed E-state index contributed by atoms with van der Waals surface area (Å²) >= 11 is 0. The molecular weight excluding hydrogens is 314 g/mol. The maximum Gasteiger partial charge on any atom is 0.303 e. The first-order chi connectivity index (χ1) is 11.4. The Morgan fingerprint density at radius 1 is 1.04 bits per heavy atom. The van der Waals surface area contributed by atoms with E-state index in [2.05, 4.69) is 0 Å². The predicted octanol–water partition coefficient (Wildman–Crippen LogP) is 1.97. The third-order valence-corrected chi connectivity index (χ3v) is 3.66. The van der Waals surface area contributed by atoms with E-state index >= 15 is 0 Å². The molecule has 0 saturated carbocycles. The Balaban J connectivity index is 2.66. The van der Waals surface area contributed by atoms with Gasteiger partial charge in [0.25, 0.3) is 0 Å². The zero-order chi connectivity index (χ0) is 18.1. The van der Waals surface area contributed by atoms with E-state index in [-0.39, 0.29) is 12.3 Å². The van der Waals surface area contributed by atoms with Gasteiger partial charge >= 0.3 is 5.97 Å². The van der Waals surface area contributed by atoms with Crippen molar-refractivity contribution in [2.45, 2.75) is 25.7 Å². The van der Waals surface area contributed by atoms with Gasteiger partial charge in [-0.1, -0.05) is 0 Å². The van der Waals surface area contributed by atoms with E-state index in [1.165, 1.54) is 7.11 Å². The van der Waals surface area contributed by atoms with Gasteiger partial charge in [-0.2, -0.15) is 0 Å². The molecule has 0 saturated heterocycles. The smallest absolute Gasteiger partial charge is 0.303 e. The first kappa shape index (κ1) is 19.6. The van der Waals surface area contributed by atoms with Crippen LogP contribution in [0.15, 0.2) is 12.1 Å². The number of carbonyl (C=O) groups excluding carboxylic acids is 1. The van der Waals surface area contributed by atoms with E-state index in [1.807, 2.05) is 12.1 Å². The zero-order valence-corrected chi connectivity index (χ0v) is 14.6. The Hall–Kier alpha value is -2.44. The van der Waals surface area contributed by atoms with Crippen LogP contribution in [0.5, 0.6) is 17.2 Å². The largest absolute Gasteiger partial charge is 0.493 e. The molecule has 0 atom stereocenters. The Morgan fingerprint density at radius 3 is 2.08 bits per heavy atom. The molecule has 0 aliphatic rings. The predicted molar refractivity (Wildman–Crippen MR) is 88.9 cm³/mol. The fourth-order valence-electron chi connectivity index (χ4n) is 2.31. The van der Waals surface area contributed by atoms with Crippen LogP contribution in [0.4, 0.5) is 0 Å². The molecule has 1 amide bonds. The second kappa shape index (κ2) is 9.64. The van der Waals surface area contributed by atoms with Crippen LogP contribution in [0, 0.1) is 0 Å². The van der Waals surface area contributed by atoms with Crippen molar-refractivity contribution in [3.05, 3.63) is 17.7 Å². The number of carbonyl (C=O) groups is 2. The Labute approximate surface area is 142 Å². The molecule has 0 unspecified atom stereocenters. The van der Waals surface area contributed by atoms with Gasteiger partial charge in [0.15, 0.2) is 11.5 Å². The molecule has 0 aromatic heterocycles. The van der Waals surface area contributed by atoms with Crippen LogP contribution < -0.4 is 14.2 Å². The van der Waals surface area contributed by atoms with Crippen molar-refractivity contribution in [1.82, 2.24) is 4.90 Å². The van der Waals surface area contributed by atoms with Gasteiger partial charge in [-0.25, -0.2) is 0 Å². The third-order valence-electron chi connectivity index (χ3n) is 3.66. The summed E-state index contributed by atoms with van der Waals surface area (Å²) in [6, 6.07) is 3.64. The minimum absolute atomic E-state index is 0.0332. The van der Waals surface area contributed by atoms with Crippen LogP contribution in [0.25, 0.3) is 0 Å². The Bertz CT molecular complexity index is 547. The molecule has 0 aliphatic carbocycles. The SMILES string of the molecule is COc1cc(CCC(=O)N(C)CCCC(=O)O)cc(OC)c1OC. The first-order valence-corrected chi connectivity index (χ1v) is 7.67. The van der Waals surface area contributed by atoms with Crippen molar-refractivity contribution >= 4 is 11.9 Å². The molecule has 134 valence electrons. The van der Waals surface area contributed by atoms with Crippen LogP contribution >= 0.6 is 0 Å². The number of aliphatic carboxylic acids is 1. The van der Waals surface area contributed by atoms with Gasteiger partial charge in [0.2, 0.25) is 11.7 Å². The fourth-order valence-corrected chi connectivity index (χ4v) is 2.31. The second-order valence-corrected chi connectivity index (χ2v) is 5.35. The highest BCUT2D eigenvalue weighted by Crippen LogP contribution is 2.38. The summed E-state index contributed by atoms with van der Waals surface area (Å²) in [6.45, 7) is 0.431. The number of ether oxygens (including phenoxy) is 3. The van der Waals surface area contributed by atoms with Gasteiger partial charge in [-0.05, 0) is 30.5 Å². The van der Waals surface area contributed by atoms with Gasteiger partial charge in [0.1, 0.15) is 0 Å². The number of methoxy groups -OCH3 is 3. The summed E-state index contributed by atoms with van der Waals surface area (Å²) in [5, 5.41) is 8.62. The number of carboxylic acid groups (broad SMARTS) is 1. The van der Waals surface area contributed by atoms with Crippen LogP contribution in [-0.2, 0) is 16.0 Å². The fraction of sp³-hybridized carbons (Fsp3) is 0.529. The number of nitrogens with zero attached hydrogens (tertiary/aromatic N) is 1. The molecule has 1 N–H and O–H groups in total. The summed E-state index contributed by atoms with van der Waals surface area (Å²) in [7, 11) is 6.31. The monoisotopic (exact) mass is 339 g/mol. The molecule has 1 rings (SSSR count). The zero-order valence-electron chi connectivity index (χ0n) is 14.6. The summed E-state index contributed by atoms with van der Waals surface area (Å²) in [4.78, 5) is 24.2. The highest BCUT2D eigenvalue weighted by molar-refractivity contribution is 5.76. The number of carboxylic acids is 1. The standard InChI is InChI=1S/C17H25NO6/c1-18(9-5-6-16(20)21)15(19)8-7-12-10-13(22-2)17(24-4)14(11-12)23-3/h10-11H,5-9H2,1-4H3,(H,20,21). The number of hydrogen-bond acceptors (Lipinski definition) is 5. The van der Waals surface area contributed by atoms with Crippen LogP contribution in [-0.4, -0.2) is 56.8 Å².